The maximum atomic E-state index is 13.1. The molecule has 8 heteroatoms. The molecular weight excluding hydrogens is 373 g/mol. The number of hydrogen-bond donors (Lipinski definition) is 1. The van der Waals surface area contributed by atoms with E-state index in [1.165, 1.54) is 18.2 Å². The van der Waals surface area contributed by atoms with E-state index >= 15 is 0 Å². The molecule has 0 saturated heterocycles. The number of carbonyl (C=O) groups is 1. The van der Waals surface area contributed by atoms with Crippen molar-refractivity contribution >= 4 is 17.7 Å². The average Bonchev–Trinajstić information content (AvgIpc) is 2.91. The number of ether oxygens (including phenoxy) is 2. The number of nitrogens with zero attached hydrogens (tertiary/aromatic N) is 1. The first-order valence-corrected chi connectivity index (χ1v) is 8.38. The highest BCUT2D eigenvalue weighted by atomic mass is 19.4. The fraction of sp³-hybridized carbons (Fsp3) is 0.200. The zero-order valence-corrected chi connectivity index (χ0v) is 14.5. The van der Waals surface area contributed by atoms with Crippen LogP contribution in [0.3, 0.4) is 0 Å². The van der Waals surface area contributed by atoms with Crippen molar-refractivity contribution in [2.75, 3.05) is 18.5 Å². The number of hydrogen-bond acceptors (Lipinski definition) is 4. The zero-order valence-electron chi connectivity index (χ0n) is 14.5. The number of carbonyl (C=O) groups excluding carboxylic acids is 1. The third-order valence-corrected chi connectivity index (χ3v) is 3.95. The van der Waals surface area contributed by atoms with E-state index in [2.05, 4.69) is 5.32 Å². The van der Waals surface area contributed by atoms with Crippen LogP contribution in [-0.4, -0.2) is 19.1 Å². The highest BCUT2D eigenvalue weighted by Crippen LogP contribution is 2.36. The second-order valence-electron chi connectivity index (χ2n) is 5.89. The van der Waals surface area contributed by atoms with E-state index < -0.39 is 23.3 Å². The van der Waals surface area contributed by atoms with Gasteiger partial charge in [0.1, 0.15) is 11.6 Å². The minimum atomic E-state index is -4.64. The lowest BCUT2D eigenvalue weighted by molar-refractivity contribution is -0.137. The Kier molecular flexibility index (Phi) is 5.54. The molecule has 2 aromatic rings. The molecule has 28 heavy (non-hydrogen) atoms. The Morgan fingerprint density at radius 2 is 1.86 bits per heavy atom. The van der Waals surface area contributed by atoms with Gasteiger partial charge in [-0.3, -0.25) is 4.79 Å². The molecule has 0 aromatic heterocycles. The van der Waals surface area contributed by atoms with E-state index in [1.54, 1.807) is 24.3 Å². The van der Waals surface area contributed by atoms with Crippen LogP contribution in [0.15, 0.2) is 48.0 Å². The normalized spacial score (nSPS) is 14.0. The summed E-state index contributed by atoms with van der Waals surface area (Å²) in [7, 11) is 0. The molecule has 0 fully saturated rings. The Hall–Kier alpha value is -3.47. The third-order valence-electron chi connectivity index (χ3n) is 3.95. The van der Waals surface area contributed by atoms with Crippen molar-refractivity contribution < 1.29 is 27.4 Å². The van der Waals surface area contributed by atoms with E-state index in [-0.39, 0.29) is 5.57 Å². The fourth-order valence-corrected chi connectivity index (χ4v) is 2.66. The standard InChI is InChI=1S/C20H15F3N2O3/c21-20(22,23)15-6-1-2-7-16(15)25-19(26)14(12-24)11-13-5-3-8-17-18(13)28-10-4-9-27-17/h1-3,5-8,11H,4,9-10H2,(H,25,26). The lowest BCUT2D eigenvalue weighted by Crippen LogP contribution is -2.17. The Balaban J connectivity index is 1.91. The predicted octanol–water partition coefficient (Wildman–Crippen LogP) is 4.41. The second-order valence-corrected chi connectivity index (χ2v) is 5.89. The molecular formula is C20H15F3N2O3. The first kappa shape index (κ1) is 19.3. The van der Waals surface area contributed by atoms with Gasteiger partial charge in [-0.25, -0.2) is 0 Å². The molecule has 1 aliphatic rings. The molecule has 1 heterocycles. The van der Waals surface area contributed by atoms with Gasteiger partial charge < -0.3 is 14.8 Å². The van der Waals surface area contributed by atoms with E-state index in [4.69, 9.17) is 9.47 Å². The summed E-state index contributed by atoms with van der Waals surface area (Å²) >= 11 is 0. The Morgan fingerprint density at radius 3 is 2.61 bits per heavy atom. The van der Waals surface area contributed by atoms with Crippen LogP contribution in [0.5, 0.6) is 11.5 Å². The maximum absolute atomic E-state index is 13.1. The highest BCUT2D eigenvalue weighted by molar-refractivity contribution is 6.10. The first-order valence-electron chi connectivity index (χ1n) is 8.38. The van der Waals surface area contributed by atoms with Crippen LogP contribution in [0.25, 0.3) is 6.08 Å². The smallest absolute Gasteiger partial charge is 0.418 e. The SMILES string of the molecule is N#CC(=Cc1cccc2c1OCCCO2)C(=O)Nc1ccccc1C(F)(F)F. The number of benzene rings is 2. The number of nitrogens with one attached hydrogen (secondary N) is 1. The summed E-state index contributed by atoms with van der Waals surface area (Å²) in [4.78, 5) is 12.4. The summed E-state index contributed by atoms with van der Waals surface area (Å²) in [5.74, 6) is -0.0889. The summed E-state index contributed by atoms with van der Waals surface area (Å²) in [6.45, 7) is 0.880. The second kappa shape index (κ2) is 8.05. The number of fused-ring (bicyclic) bond motifs is 1. The molecule has 1 amide bonds. The molecule has 144 valence electrons. The fourth-order valence-electron chi connectivity index (χ4n) is 2.66. The van der Waals surface area contributed by atoms with Crippen LogP contribution >= 0.6 is 0 Å². The lowest BCUT2D eigenvalue weighted by Gasteiger charge is -2.13. The molecule has 0 unspecified atom stereocenters. The van der Waals surface area contributed by atoms with Gasteiger partial charge in [0, 0.05) is 12.0 Å². The van der Waals surface area contributed by atoms with Gasteiger partial charge in [-0.2, -0.15) is 18.4 Å². The van der Waals surface area contributed by atoms with Crippen LogP contribution in [0, 0.1) is 11.3 Å². The number of halogens is 3. The monoisotopic (exact) mass is 388 g/mol. The van der Waals surface area contributed by atoms with E-state index in [1.807, 2.05) is 0 Å². The van der Waals surface area contributed by atoms with Crippen molar-refractivity contribution in [3.8, 4) is 17.6 Å². The minimum absolute atomic E-state index is 0.363. The van der Waals surface area contributed by atoms with E-state index in [0.717, 1.165) is 12.1 Å². The number of anilines is 1. The number of nitriles is 1. The molecule has 1 aliphatic heterocycles. The van der Waals surface area contributed by atoms with Crippen LogP contribution in [-0.2, 0) is 11.0 Å². The highest BCUT2D eigenvalue weighted by Gasteiger charge is 2.33. The molecule has 2 aromatic carbocycles. The third kappa shape index (κ3) is 4.26. The van der Waals surface area contributed by atoms with Crippen molar-refractivity contribution in [1.82, 2.24) is 0 Å². The van der Waals surface area contributed by atoms with Crippen molar-refractivity contribution in [3.05, 3.63) is 59.2 Å². The van der Waals surface area contributed by atoms with Gasteiger partial charge in [-0.15, -0.1) is 0 Å². The molecule has 5 nitrogen and oxygen atoms in total. The van der Waals surface area contributed by atoms with Gasteiger partial charge in [-0.1, -0.05) is 24.3 Å². The molecule has 1 N–H and O–H groups in total. The first-order chi connectivity index (χ1) is 13.4. The van der Waals surface area contributed by atoms with Crippen LogP contribution in [0.1, 0.15) is 17.5 Å². The Labute approximate surface area is 159 Å². The largest absolute Gasteiger partial charge is 0.490 e. The molecule has 0 bridgehead atoms. The van der Waals surface area contributed by atoms with Gasteiger partial charge in [0.2, 0.25) is 0 Å². The average molecular weight is 388 g/mol. The van der Waals surface area contributed by atoms with Crippen molar-refractivity contribution in [2.45, 2.75) is 12.6 Å². The number of para-hydroxylation sites is 2. The van der Waals surface area contributed by atoms with Crippen LogP contribution < -0.4 is 14.8 Å². The molecule has 0 radical (unpaired) electrons. The van der Waals surface area contributed by atoms with Gasteiger partial charge in [-0.05, 0) is 24.3 Å². The van der Waals surface area contributed by atoms with Crippen LogP contribution in [0.4, 0.5) is 18.9 Å². The maximum Gasteiger partial charge on any atom is 0.418 e. The van der Waals surface area contributed by atoms with Gasteiger partial charge in [0.05, 0.1) is 24.5 Å². The van der Waals surface area contributed by atoms with Crippen molar-refractivity contribution in [1.29, 1.82) is 5.26 Å². The van der Waals surface area contributed by atoms with E-state index in [9.17, 15) is 23.2 Å². The molecule has 0 atom stereocenters. The lowest BCUT2D eigenvalue weighted by atomic mass is 10.1. The van der Waals surface area contributed by atoms with E-state index in [0.29, 0.717) is 36.7 Å². The molecule has 0 saturated carbocycles. The van der Waals surface area contributed by atoms with Gasteiger partial charge >= 0.3 is 6.18 Å². The Morgan fingerprint density at radius 1 is 1.11 bits per heavy atom. The van der Waals surface area contributed by atoms with Gasteiger partial charge in [0.25, 0.3) is 5.91 Å². The minimum Gasteiger partial charge on any atom is -0.490 e. The summed E-state index contributed by atoms with van der Waals surface area (Å²) in [6, 6.07) is 11.3. The predicted molar refractivity (Wildman–Crippen MR) is 95.7 cm³/mol. The summed E-state index contributed by atoms with van der Waals surface area (Å²) in [5, 5.41) is 11.5. The number of alkyl halides is 3. The number of amides is 1. The molecule has 0 spiro atoms. The summed E-state index contributed by atoms with van der Waals surface area (Å²) in [6.07, 6.45) is -2.70. The number of rotatable bonds is 3. The summed E-state index contributed by atoms with van der Waals surface area (Å²) in [5.41, 5.74) is -1.35. The molecule has 3 rings (SSSR count). The summed E-state index contributed by atoms with van der Waals surface area (Å²) < 4.78 is 50.5. The van der Waals surface area contributed by atoms with Crippen molar-refractivity contribution in [2.24, 2.45) is 0 Å². The van der Waals surface area contributed by atoms with Gasteiger partial charge in [0.15, 0.2) is 11.5 Å². The quantitative estimate of drug-likeness (QED) is 0.624. The molecule has 0 aliphatic carbocycles. The Bertz CT molecular complexity index is 962. The van der Waals surface area contributed by atoms with Crippen molar-refractivity contribution in [3.63, 3.8) is 0 Å². The zero-order chi connectivity index (χ0) is 20.1. The topological polar surface area (TPSA) is 71.3 Å². The van der Waals surface area contributed by atoms with Crippen LogP contribution in [0.2, 0.25) is 0 Å².